The van der Waals surface area contributed by atoms with Crippen LogP contribution < -0.4 is 19.7 Å². The molecule has 2 aromatic carbocycles. The van der Waals surface area contributed by atoms with Gasteiger partial charge in [0.15, 0.2) is 5.11 Å². The van der Waals surface area contributed by atoms with Crippen molar-refractivity contribution < 1.29 is 9.47 Å². The molecule has 0 bridgehead atoms. The zero-order valence-corrected chi connectivity index (χ0v) is 20.3. The van der Waals surface area contributed by atoms with Crippen LogP contribution >= 0.6 is 23.8 Å². The van der Waals surface area contributed by atoms with E-state index in [1.165, 1.54) is 0 Å². The number of aromatic nitrogens is 2. The van der Waals surface area contributed by atoms with E-state index < -0.39 is 0 Å². The van der Waals surface area contributed by atoms with Crippen LogP contribution in [0.4, 0.5) is 5.69 Å². The Morgan fingerprint density at radius 3 is 2.59 bits per heavy atom. The lowest BCUT2D eigenvalue weighted by molar-refractivity contribution is 0.402. The molecule has 0 saturated carbocycles. The molecule has 2 aromatic heterocycles. The number of nitrogens with zero attached hydrogens (tertiary/aromatic N) is 3. The highest BCUT2D eigenvalue weighted by Crippen LogP contribution is 2.46. The lowest BCUT2D eigenvalue weighted by Gasteiger charge is -2.30. The van der Waals surface area contributed by atoms with Crippen molar-refractivity contribution in [1.82, 2.24) is 14.9 Å². The molecule has 1 saturated heterocycles. The van der Waals surface area contributed by atoms with Gasteiger partial charge in [0.05, 0.1) is 31.6 Å². The highest BCUT2D eigenvalue weighted by molar-refractivity contribution is 7.80. The molecule has 5 rings (SSSR count). The monoisotopic (exact) mass is 490 g/mol. The summed E-state index contributed by atoms with van der Waals surface area (Å²) in [6.45, 7) is 0. The van der Waals surface area contributed by atoms with Gasteiger partial charge in [-0.2, -0.15) is 0 Å². The fourth-order valence-corrected chi connectivity index (χ4v) is 4.92. The summed E-state index contributed by atoms with van der Waals surface area (Å²) >= 11 is 12.2. The number of benzene rings is 2. The van der Waals surface area contributed by atoms with E-state index in [9.17, 15) is 0 Å². The van der Waals surface area contributed by atoms with Gasteiger partial charge in [-0.25, -0.2) is 0 Å². The van der Waals surface area contributed by atoms with Gasteiger partial charge in [0, 0.05) is 34.9 Å². The lowest BCUT2D eigenvalue weighted by atomic mass is 10.0. The Morgan fingerprint density at radius 2 is 1.85 bits per heavy atom. The number of hydrogen-bond acceptors (Lipinski definition) is 4. The van der Waals surface area contributed by atoms with Crippen molar-refractivity contribution in [3.63, 3.8) is 0 Å². The maximum Gasteiger partial charge on any atom is 0.174 e. The third-order valence-corrected chi connectivity index (χ3v) is 6.46. The van der Waals surface area contributed by atoms with E-state index in [1.54, 1.807) is 20.4 Å². The summed E-state index contributed by atoms with van der Waals surface area (Å²) in [5.41, 5.74) is 3.68. The van der Waals surface area contributed by atoms with Gasteiger partial charge in [0.1, 0.15) is 17.5 Å². The van der Waals surface area contributed by atoms with E-state index in [1.807, 2.05) is 72.9 Å². The van der Waals surface area contributed by atoms with Crippen molar-refractivity contribution in [2.24, 2.45) is 0 Å². The molecular formula is C26H23ClN4O2S. The molecule has 1 fully saturated rings. The summed E-state index contributed by atoms with van der Waals surface area (Å²) < 4.78 is 13.4. The second-order valence-electron chi connectivity index (χ2n) is 7.82. The van der Waals surface area contributed by atoms with Crippen LogP contribution in [0.15, 0.2) is 85.2 Å². The standard InChI is InChI=1S/C26H23ClN4O2S/c1-32-19-11-12-23(33-2)22(16-19)31-25(24(29-26(31)34)20-9-3-4-13-28-20)21-10-6-14-30(21)18-8-5-7-17(27)15-18/h3-16,24-25H,1-2H3,(H,29,34)/t24-,25-/m1/s1. The first-order valence-electron chi connectivity index (χ1n) is 10.8. The van der Waals surface area contributed by atoms with Gasteiger partial charge < -0.3 is 24.3 Å². The summed E-state index contributed by atoms with van der Waals surface area (Å²) in [7, 11) is 3.29. The first-order chi connectivity index (χ1) is 16.6. The van der Waals surface area contributed by atoms with Crippen LogP contribution in [-0.4, -0.2) is 28.9 Å². The minimum Gasteiger partial charge on any atom is -0.497 e. The topological polar surface area (TPSA) is 51.6 Å². The first-order valence-corrected chi connectivity index (χ1v) is 11.5. The highest BCUT2D eigenvalue weighted by Gasteiger charge is 2.43. The van der Waals surface area contributed by atoms with Gasteiger partial charge in [-0.15, -0.1) is 0 Å². The molecule has 1 N–H and O–H groups in total. The second kappa shape index (κ2) is 9.37. The smallest absolute Gasteiger partial charge is 0.174 e. The molecule has 4 aromatic rings. The van der Waals surface area contributed by atoms with Gasteiger partial charge in [-0.3, -0.25) is 4.98 Å². The Morgan fingerprint density at radius 1 is 0.971 bits per heavy atom. The molecule has 0 radical (unpaired) electrons. The molecular weight excluding hydrogens is 468 g/mol. The van der Waals surface area contributed by atoms with Crippen LogP contribution in [0.1, 0.15) is 23.5 Å². The van der Waals surface area contributed by atoms with E-state index in [0.717, 1.165) is 22.8 Å². The number of nitrogens with one attached hydrogen (secondary N) is 1. The van der Waals surface area contributed by atoms with Crippen molar-refractivity contribution in [2.45, 2.75) is 12.1 Å². The third kappa shape index (κ3) is 3.97. The normalized spacial score (nSPS) is 17.5. The predicted molar refractivity (Wildman–Crippen MR) is 138 cm³/mol. The average Bonchev–Trinajstić information content (AvgIpc) is 3.48. The molecule has 0 aliphatic carbocycles. The summed E-state index contributed by atoms with van der Waals surface area (Å²) in [4.78, 5) is 6.72. The summed E-state index contributed by atoms with van der Waals surface area (Å²) in [5, 5.41) is 4.74. The number of anilines is 1. The number of pyridine rings is 1. The lowest BCUT2D eigenvalue weighted by Crippen LogP contribution is -2.30. The Hall–Kier alpha value is -3.55. The number of ether oxygens (including phenoxy) is 2. The first kappa shape index (κ1) is 22.3. The van der Waals surface area contributed by atoms with Crippen molar-refractivity contribution in [3.8, 4) is 17.2 Å². The number of methoxy groups -OCH3 is 2. The number of hydrogen-bond donors (Lipinski definition) is 1. The molecule has 6 nitrogen and oxygen atoms in total. The Bertz CT molecular complexity index is 1330. The quantitative estimate of drug-likeness (QED) is 0.349. The van der Waals surface area contributed by atoms with Crippen LogP contribution in [0.25, 0.3) is 5.69 Å². The molecule has 0 spiro atoms. The molecule has 172 valence electrons. The summed E-state index contributed by atoms with van der Waals surface area (Å²) in [6.07, 6.45) is 3.82. The van der Waals surface area contributed by atoms with Crippen LogP contribution in [0, 0.1) is 0 Å². The maximum atomic E-state index is 6.32. The van der Waals surface area contributed by atoms with Crippen LogP contribution in [-0.2, 0) is 0 Å². The van der Waals surface area contributed by atoms with Crippen LogP contribution in [0.2, 0.25) is 5.02 Å². The predicted octanol–water partition coefficient (Wildman–Crippen LogP) is 5.72. The zero-order valence-electron chi connectivity index (χ0n) is 18.7. The number of thiocarbonyl (C=S) groups is 1. The van der Waals surface area contributed by atoms with Crippen LogP contribution in [0.5, 0.6) is 11.5 Å². The fourth-order valence-electron chi connectivity index (χ4n) is 4.40. The molecule has 2 atom stereocenters. The molecule has 3 heterocycles. The van der Waals surface area contributed by atoms with E-state index >= 15 is 0 Å². The van der Waals surface area contributed by atoms with Gasteiger partial charge in [-0.1, -0.05) is 23.7 Å². The minimum atomic E-state index is -0.225. The molecule has 0 amide bonds. The summed E-state index contributed by atoms with van der Waals surface area (Å²) in [6, 6.07) is 23.1. The van der Waals surface area contributed by atoms with E-state index in [4.69, 9.17) is 33.3 Å². The SMILES string of the molecule is COc1ccc(OC)c(N2C(=S)N[C@H](c3ccccn3)[C@H]2c2cccn2-c2cccc(Cl)c2)c1. The molecule has 1 aliphatic rings. The number of rotatable bonds is 6. The van der Waals surface area contributed by atoms with Crippen molar-refractivity contribution in [2.75, 3.05) is 19.1 Å². The van der Waals surface area contributed by atoms with Gasteiger partial charge in [0.2, 0.25) is 0 Å². The van der Waals surface area contributed by atoms with Gasteiger partial charge in [0.25, 0.3) is 0 Å². The van der Waals surface area contributed by atoms with Crippen LogP contribution in [0.3, 0.4) is 0 Å². The molecule has 1 aliphatic heterocycles. The van der Waals surface area contributed by atoms with E-state index in [2.05, 4.69) is 25.8 Å². The molecule has 34 heavy (non-hydrogen) atoms. The second-order valence-corrected chi connectivity index (χ2v) is 8.64. The van der Waals surface area contributed by atoms with Crippen molar-refractivity contribution >= 4 is 34.6 Å². The maximum absolute atomic E-state index is 6.32. The average molecular weight is 491 g/mol. The highest BCUT2D eigenvalue weighted by atomic mass is 35.5. The Kier molecular flexibility index (Phi) is 6.13. The van der Waals surface area contributed by atoms with E-state index in [-0.39, 0.29) is 12.1 Å². The Labute approximate surface area is 208 Å². The van der Waals surface area contributed by atoms with Gasteiger partial charge in [-0.05, 0) is 66.8 Å². The fraction of sp³-hybridized carbons (Fsp3) is 0.154. The summed E-state index contributed by atoms with van der Waals surface area (Å²) in [5.74, 6) is 1.40. The number of halogens is 1. The van der Waals surface area contributed by atoms with E-state index in [0.29, 0.717) is 21.6 Å². The molecule has 8 heteroatoms. The van der Waals surface area contributed by atoms with Gasteiger partial charge >= 0.3 is 0 Å². The largest absolute Gasteiger partial charge is 0.497 e. The van der Waals surface area contributed by atoms with Crippen molar-refractivity contribution in [1.29, 1.82) is 0 Å². The zero-order chi connectivity index (χ0) is 23.7. The third-order valence-electron chi connectivity index (χ3n) is 5.91. The molecule has 0 unspecified atom stereocenters. The Balaban J connectivity index is 1.71. The van der Waals surface area contributed by atoms with Crippen molar-refractivity contribution in [3.05, 3.63) is 102 Å². The minimum absolute atomic E-state index is 0.197.